The van der Waals surface area contributed by atoms with Crippen molar-refractivity contribution in [2.75, 3.05) is 6.54 Å². The zero-order chi connectivity index (χ0) is 21.1. The van der Waals surface area contributed by atoms with Gasteiger partial charge in [0.25, 0.3) is 11.7 Å². The standard InChI is InChI=1S/C22H19FN4O3/c23-16-7-5-15(6-8-16)20(28)18-19(17-4-1-2-9-25-17)27(22(30)21(18)29)12-3-11-26-13-10-24-14-26/h1-2,4-10,13-14,19,28H,3,11-12H2/t19-/m0/s1. The summed E-state index contributed by atoms with van der Waals surface area (Å²) >= 11 is 0. The molecular weight excluding hydrogens is 387 g/mol. The van der Waals surface area contributed by atoms with Crippen LogP contribution >= 0.6 is 0 Å². The van der Waals surface area contributed by atoms with E-state index < -0.39 is 23.5 Å². The second kappa shape index (κ2) is 8.28. The number of Topliss-reactive ketones (excluding diaryl/α,β-unsaturated/α-hetero) is 1. The third kappa shape index (κ3) is 3.71. The summed E-state index contributed by atoms with van der Waals surface area (Å²) in [5.74, 6) is -2.29. The number of aliphatic hydroxyl groups is 1. The molecule has 1 aromatic carbocycles. The summed E-state index contributed by atoms with van der Waals surface area (Å²) in [5.41, 5.74) is 0.685. The second-order valence-electron chi connectivity index (χ2n) is 6.91. The van der Waals surface area contributed by atoms with E-state index in [-0.39, 0.29) is 16.9 Å². The number of ketones is 1. The van der Waals surface area contributed by atoms with Crippen molar-refractivity contribution in [3.05, 3.63) is 90.0 Å². The van der Waals surface area contributed by atoms with Crippen molar-refractivity contribution in [2.24, 2.45) is 0 Å². The van der Waals surface area contributed by atoms with Crippen molar-refractivity contribution >= 4 is 17.4 Å². The van der Waals surface area contributed by atoms with Crippen molar-refractivity contribution in [2.45, 2.75) is 19.0 Å². The largest absolute Gasteiger partial charge is 0.507 e. The molecule has 3 heterocycles. The van der Waals surface area contributed by atoms with Gasteiger partial charge in [-0.3, -0.25) is 14.6 Å². The number of likely N-dealkylation sites (tertiary alicyclic amines) is 1. The van der Waals surface area contributed by atoms with Crippen LogP contribution < -0.4 is 0 Å². The van der Waals surface area contributed by atoms with E-state index in [0.717, 1.165) is 0 Å². The minimum Gasteiger partial charge on any atom is -0.507 e. The van der Waals surface area contributed by atoms with Gasteiger partial charge in [-0.2, -0.15) is 0 Å². The lowest BCUT2D eigenvalue weighted by Gasteiger charge is -2.24. The minimum atomic E-state index is -0.820. The number of nitrogens with zero attached hydrogens (tertiary/aromatic N) is 4. The van der Waals surface area contributed by atoms with Crippen molar-refractivity contribution in [1.82, 2.24) is 19.4 Å². The van der Waals surface area contributed by atoms with Crippen molar-refractivity contribution in [3.63, 3.8) is 0 Å². The number of amides is 1. The lowest BCUT2D eigenvalue weighted by atomic mass is 9.98. The average molecular weight is 406 g/mol. The zero-order valence-electron chi connectivity index (χ0n) is 16.0. The SMILES string of the molecule is O=C1C(=O)N(CCCn2ccnc2)[C@@H](c2ccccn2)C1=C(O)c1ccc(F)cc1. The van der Waals surface area contributed by atoms with Crippen LogP contribution in [-0.2, 0) is 16.1 Å². The number of rotatable bonds is 6. The number of pyridine rings is 1. The Labute approximate surface area is 172 Å². The van der Waals surface area contributed by atoms with Crippen molar-refractivity contribution < 1.29 is 19.1 Å². The van der Waals surface area contributed by atoms with Gasteiger partial charge in [0.15, 0.2) is 0 Å². The van der Waals surface area contributed by atoms with E-state index >= 15 is 0 Å². The summed E-state index contributed by atoms with van der Waals surface area (Å²) in [6.45, 7) is 0.917. The number of carbonyl (C=O) groups excluding carboxylic acids is 2. The lowest BCUT2D eigenvalue weighted by molar-refractivity contribution is -0.140. The summed E-state index contributed by atoms with van der Waals surface area (Å²) in [6, 6.07) is 9.48. The highest BCUT2D eigenvalue weighted by Gasteiger charge is 2.46. The van der Waals surface area contributed by atoms with Crippen LogP contribution in [0.2, 0.25) is 0 Å². The molecule has 0 radical (unpaired) electrons. The van der Waals surface area contributed by atoms with Crippen LogP contribution in [0.5, 0.6) is 0 Å². The molecule has 0 unspecified atom stereocenters. The van der Waals surface area contributed by atoms with E-state index in [1.807, 2.05) is 10.8 Å². The number of hydrogen-bond acceptors (Lipinski definition) is 5. The molecule has 0 aliphatic carbocycles. The second-order valence-corrected chi connectivity index (χ2v) is 6.91. The first-order valence-electron chi connectivity index (χ1n) is 9.47. The number of imidazole rings is 1. The molecule has 0 saturated carbocycles. The first-order valence-corrected chi connectivity index (χ1v) is 9.47. The molecule has 1 saturated heterocycles. The van der Waals surface area contributed by atoms with Gasteiger partial charge in [0.05, 0.1) is 17.6 Å². The van der Waals surface area contributed by atoms with Gasteiger partial charge in [-0.25, -0.2) is 9.37 Å². The molecule has 0 bridgehead atoms. The lowest BCUT2D eigenvalue weighted by Crippen LogP contribution is -2.31. The van der Waals surface area contributed by atoms with Gasteiger partial charge in [0, 0.05) is 37.2 Å². The third-order valence-corrected chi connectivity index (χ3v) is 5.00. The average Bonchev–Trinajstić information content (AvgIpc) is 3.37. The molecule has 1 amide bonds. The Morgan fingerprint density at radius 3 is 2.53 bits per heavy atom. The summed E-state index contributed by atoms with van der Waals surface area (Å²) in [7, 11) is 0. The number of aryl methyl sites for hydroxylation is 1. The number of aromatic nitrogens is 3. The molecule has 1 atom stereocenters. The summed E-state index contributed by atoms with van der Waals surface area (Å²) in [6.07, 6.45) is 7.32. The maximum atomic E-state index is 13.3. The van der Waals surface area contributed by atoms with Crippen LogP contribution in [-0.4, -0.2) is 42.8 Å². The molecule has 30 heavy (non-hydrogen) atoms. The fraction of sp³-hybridized carbons (Fsp3) is 0.182. The Hall–Kier alpha value is -3.81. The topological polar surface area (TPSA) is 88.3 Å². The Morgan fingerprint density at radius 2 is 1.87 bits per heavy atom. The molecule has 1 fully saturated rings. The van der Waals surface area contributed by atoms with E-state index in [9.17, 15) is 19.1 Å². The van der Waals surface area contributed by atoms with E-state index in [0.29, 0.717) is 25.2 Å². The Morgan fingerprint density at radius 1 is 1.07 bits per heavy atom. The minimum absolute atomic E-state index is 0.0482. The van der Waals surface area contributed by atoms with Gasteiger partial charge in [-0.05, 0) is 42.8 Å². The molecule has 1 N–H and O–H groups in total. The van der Waals surface area contributed by atoms with E-state index in [1.165, 1.54) is 29.2 Å². The number of halogens is 1. The monoisotopic (exact) mass is 406 g/mol. The molecule has 3 aromatic rings. The first kappa shape index (κ1) is 19.5. The maximum absolute atomic E-state index is 13.3. The fourth-order valence-electron chi connectivity index (χ4n) is 3.56. The van der Waals surface area contributed by atoms with Gasteiger partial charge in [0.1, 0.15) is 17.6 Å². The maximum Gasteiger partial charge on any atom is 0.295 e. The van der Waals surface area contributed by atoms with Crippen LogP contribution in [0.15, 0.2) is 73.0 Å². The van der Waals surface area contributed by atoms with Gasteiger partial charge in [-0.1, -0.05) is 6.07 Å². The van der Waals surface area contributed by atoms with E-state index in [1.54, 1.807) is 36.9 Å². The molecule has 7 nitrogen and oxygen atoms in total. The van der Waals surface area contributed by atoms with Gasteiger partial charge in [0.2, 0.25) is 0 Å². The molecule has 1 aliphatic heterocycles. The highest BCUT2D eigenvalue weighted by Crippen LogP contribution is 2.38. The normalized spacial score (nSPS) is 18.2. The smallest absolute Gasteiger partial charge is 0.295 e. The number of aliphatic hydroxyl groups excluding tert-OH is 1. The van der Waals surface area contributed by atoms with E-state index in [4.69, 9.17) is 0 Å². The Kier molecular flexibility index (Phi) is 5.38. The summed E-state index contributed by atoms with van der Waals surface area (Å²) < 4.78 is 15.2. The zero-order valence-corrected chi connectivity index (χ0v) is 16.0. The predicted molar refractivity (Wildman–Crippen MR) is 106 cm³/mol. The van der Waals surface area contributed by atoms with Crippen LogP contribution in [0.25, 0.3) is 5.76 Å². The Balaban J connectivity index is 1.71. The molecule has 1 aliphatic rings. The quantitative estimate of drug-likeness (QED) is 0.386. The summed E-state index contributed by atoms with van der Waals surface area (Å²) in [5, 5.41) is 10.8. The predicted octanol–water partition coefficient (Wildman–Crippen LogP) is 2.93. The van der Waals surface area contributed by atoms with Gasteiger partial charge in [-0.15, -0.1) is 0 Å². The first-order chi connectivity index (χ1) is 14.6. The third-order valence-electron chi connectivity index (χ3n) is 5.00. The number of carbonyl (C=O) groups is 2. The number of benzene rings is 1. The highest BCUT2D eigenvalue weighted by atomic mass is 19.1. The van der Waals surface area contributed by atoms with Crippen LogP contribution in [0.1, 0.15) is 23.7 Å². The van der Waals surface area contributed by atoms with Crippen molar-refractivity contribution in [3.8, 4) is 0 Å². The molecule has 152 valence electrons. The number of hydrogen-bond donors (Lipinski definition) is 1. The Bertz CT molecular complexity index is 1080. The van der Waals surface area contributed by atoms with Gasteiger partial charge >= 0.3 is 0 Å². The molecule has 2 aromatic heterocycles. The van der Waals surface area contributed by atoms with E-state index in [2.05, 4.69) is 9.97 Å². The molecule has 8 heteroatoms. The van der Waals surface area contributed by atoms with Gasteiger partial charge < -0.3 is 14.6 Å². The highest BCUT2D eigenvalue weighted by molar-refractivity contribution is 6.46. The molecular formula is C22H19FN4O3. The van der Waals surface area contributed by atoms with Crippen LogP contribution in [0.3, 0.4) is 0 Å². The van der Waals surface area contributed by atoms with Crippen LogP contribution in [0, 0.1) is 5.82 Å². The van der Waals surface area contributed by atoms with Crippen molar-refractivity contribution in [1.29, 1.82) is 0 Å². The molecule has 4 rings (SSSR count). The van der Waals surface area contributed by atoms with Crippen LogP contribution in [0.4, 0.5) is 4.39 Å². The molecule has 0 spiro atoms. The summed E-state index contributed by atoms with van der Waals surface area (Å²) in [4.78, 5) is 35.4. The fourth-order valence-corrected chi connectivity index (χ4v) is 3.56.